The second-order valence-electron chi connectivity index (χ2n) is 15.2. The molecule has 5 aromatic rings. The number of carboxylic acid groups (broad SMARTS) is 2. The SMILES string of the molecule is CCCCCCCCCCCNC(=O)c1ccc2c3c(Br)cc(C(=O)O)c4c(C(=O)O)ccc(c5c(Br)cc(C(=O)NCCCCCCCCCCC)c1c25)c43. The minimum absolute atomic E-state index is 0.120. The maximum Gasteiger partial charge on any atom is 0.336 e. The molecule has 5 aromatic carbocycles. The number of nitrogens with one attached hydrogen (secondary N) is 2. The van der Waals surface area contributed by atoms with Gasteiger partial charge in [0.25, 0.3) is 11.8 Å². The van der Waals surface area contributed by atoms with Crippen LogP contribution in [0.2, 0.25) is 0 Å². The monoisotopic (exact) mass is 890 g/mol. The standard InChI is InChI=1S/C46H56Br2N2O6/c1-3-5-7-9-11-13-15-17-19-25-49-43(51)31-23-21-29-40-36(48)28-34(46(55)56)38-32(45(53)54)24-22-30(42(38)40)39-35(47)27-33(37(31)41(29)39)44(52)50-26-20-18-16-14-12-10-8-6-4-2/h21-24,27-28H,3-20,25-26H2,1-2H3,(H,49,51)(H,50,52)(H,53,54)(H,55,56). The van der Waals surface area contributed by atoms with E-state index in [0.717, 1.165) is 38.5 Å². The lowest BCUT2D eigenvalue weighted by Crippen LogP contribution is -2.27. The summed E-state index contributed by atoms with van der Waals surface area (Å²) in [4.78, 5) is 53.2. The fraction of sp³-hybridized carbons (Fsp3) is 0.478. The fourth-order valence-corrected chi connectivity index (χ4v) is 9.47. The number of carboxylic acids is 2. The van der Waals surface area contributed by atoms with Crippen molar-refractivity contribution in [1.29, 1.82) is 0 Å². The van der Waals surface area contributed by atoms with Crippen LogP contribution in [0.1, 0.15) is 171 Å². The van der Waals surface area contributed by atoms with Crippen LogP contribution in [-0.4, -0.2) is 47.1 Å². The molecule has 0 fully saturated rings. The van der Waals surface area contributed by atoms with Gasteiger partial charge >= 0.3 is 11.9 Å². The van der Waals surface area contributed by atoms with Crippen LogP contribution in [0.5, 0.6) is 0 Å². The van der Waals surface area contributed by atoms with Gasteiger partial charge in [-0.3, -0.25) is 9.59 Å². The zero-order chi connectivity index (χ0) is 40.2. The number of hydrogen-bond donors (Lipinski definition) is 4. The number of hydrogen-bond acceptors (Lipinski definition) is 4. The van der Waals surface area contributed by atoms with Gasteiger partial charge < -0.3 is 20.8 Å². The molecule has 0 heterocycles. The molecule has 0 radical (unpaired) electrons. The third-order valence-electron chi connectivity index (χ3n) is 11.1. The minimum atomic E-state index is -1.25. The Hall–Kier alpha value is -3.76. The van der Waals surface area contributed by atoms with E-state index in [1.54, 1.807) is 18.2 Å². The normalized spacial score (nSPS) is 11.6. The number of aromatic carboxylic acids is 2. The maximum atomic E-state index is 14.1. The topological polar surface area (TPSA) is 133 Å². The third kappa shape index (κ3) is 10.0. The minimum Gasteiger partial charge on any atom is -0.478 e. The van der Waals surface area contributed by atoms with Crippen molar-refractivity contribution in [3.05, 3.63) is 67.6 Å². The molecular formula is C46H56Br2N2O6. The zero-order valence-corrected chi connectivity index (χ0v) is 36.1. The molecule has 0 aromatic heterocycles. The van der Waals surface area contributed by atoms with Gasteiger partial charge in [0.05, 0.1) is 11.1 Å². The molecule has 0 atom stereocenters. The Morgan fingerprint density at radius 1 is 0.446 bits per heavy atom. The Kier molecular flexibility index (Phi) is 16.4. The average molecular weight is 893 g/mol. The highest BCUT2D eigenvalue weighted by molar-refractivity contribution is 9.11. The summed E-state index contributed by atoms with van der Waals surface area (Å²) in [6.07, 6.45) is 21.1. The van der Waals surface area contributed by atoms with Gasteiger partial charge in [0.15, 0.2) is 0 Å². The predicted octanol–water partition coefficient (Wildman–Crippen LogP) is 13.2. The van der Waals surface area contributed by atoms with Gasteiger partial charge in [-0.15, -0.1) is 0 Å². The van der Waals surface area contributed by atoms with E-state index in [1.165, 1.54) is 89.2 Å². The van der Waals surface area contributed by atoms with Crippen LogP contribution >= 0.6 is 31.9 Å². The number of carbonyl (C=O) groups excluding carboxylic acids is 2. The summed E-state index contributed by atoms with van der Waals surface area (Å²) in [7, 11) is 0. The molecule has 0 aliphatic heterocycles. The predicted molar refractivity (Wildman–Crippen MR) is 236 cm³/mol. The maximum absolute atomic E-state index is 14.1. The van der Waals surface area contributed by atoms with Crippen LogP contribution in [-0.2, 0) is 0 Å². The second-order valence-corrected chi connectivity index (χ2v) is 16.9. The van der Waals surface area contributed by atoms with Gasteiger partial charge in [0.2, 0.25) is 0 Å². The molecule has 0 saturated carbocycles. The number of unbranched alkanes of at least 4 members (excludes halogenated alkanes) is 16. The number of amides is 2. The molecule has 0 spiro atoms. The van der Waals surface area contributed by atoms with Gasteiger partial charge in [0, 0.05) is 65.5 Å². The quantitative estimate of drug-likeness (QED) is 0.0277. The second kappa shape index (κ2) is 21.1. The van der Waals surface area contributed by atoms with Crippen molar-refractivity contribution < 1.29 is 29.4 Å². The van der Waals surface area contributed by atoms with E-state index < -0.39 is 11.9 Å². The summed E-state index contributed by atoms with van der Waals surface area (Å²) in [6, 6.07) is 9.86. The van der Waals surface area contributed by atoms with E-state index in [9.17, 15) is 29.4 Å². The highest BCUT2D eigenvalue weighted by Crippen LogP contribution is 2.48. The molecule has 56 heavy (non-hydrogen) atoms. The van der Waals surface area contributed by atoms with Crippen LogP contribution in [0.3, 0.4) is 0 Å². The number of benzene rings is 5. The molecule has 0 saturated heterocycles. The largest absolute Gasteiger partial charge is 0.478 e. The Balaban J connectivity index is 1.51. The molecule has 4 N–H and O–H groups in total. The van der Waals surface area contributed by atoms with Gasteiger partial charge in [-0.25, -0.2) is 9.59 Å². The van der Waals surface area contributed by atoms with Crippen LogP contribution < -0.4 is 10.6 Å². The van der Waals surface area contributed by atoms with Gasteiger partial charge in [-0.2, -0.15) is 0 Å². The smallest absolute Gasteiger partial charge is 0.336 e. The molecule has 2 amide bonds. The van der Waals surface area contributed by atoms with Crippen molar-refractivity contribution in [3.63, 3.8) is 0 Å². The van der Waals surface area contributed by atoms with Gasteiger partial charge in [0.1, 0.15) is 0 Å². The molecular weight excluding hydrogens is 836 g/mol. The van der Waals surface area contributed by atoms with Crippen LogP contribution in [0.25, 0.3) is 43.1 Å². The van der Waals surface area contributed by atoms with E-state index in [0.29, 0.717) is 70.9 Å². The summed E-state index contributed by atoms with van der Waals surface area (Å²) in [5.74, 6) is -3.03. The molecule has 0 unspecified atom stereocenters. The molecule has 0 aliphatic carbocycles. The first-order valence-electron chi connectivity index (χ1n) is 20.7. The van der Waals surface area contributed by atoms with Gasteiger partial charge in [-0.1, -0.05) is 161 Å². The van der Waals surface area contributed by atoms with E-state index in [-0.39, 0.29) is 28.3 Å². The Bertz CT molecular complexity index is 2180. The lowest BCUT2D eigenvalue weighted by Gasteiger charge is -2.21. The van der Waals surface area contributed by atoms with Crippen LogP contribution in [0, 0.1) is 0 Å². The Morgan fingerprint density at radius 3 is 1.23 bits per heavy atom. The fourth-order valence-electron chi connectivity index (χ4n) is 8.19. The van der Waals surface area contributed by atoms with Crippen molar-refractivity contribution in [1.82, 2.24) is 10.6 Å². The Morgan fingerprint density at radius 2 is 0.804 bits per heavy atom. The van der Waals surface area contributed by atoms with E-state index in [4.69, 9.17) is 0 Å². The summed E-state index contributed by atoms with van der Waals surface area (Å²) >= 11 is 7.38. The summed E-state index contributed by atoms with van der Waals surface area (Å²) in [5, 5.41) is 31.0. The molecule has 300 valence electrons. The first kappa shape index (κ1) is 43.4. The molecule has 5 rings (SSSR count). The molecule has 0 bridgehead atoms. The number of fused-ring (bicyclic) bond motifs is 2. The molecule has 0 aliphatic rings. The van der Waals surface area contributed by atoms with E-state index in [2.05, 4.69) is 56.3 Å². The van der Waals surface area contributed by atoms with Crippen molar-refractivity contribution in [2.75, 3.05) is 13.1 Å². The number of rotatable bonds is 24. The number of carbonyl (C=O) groups is 4. The summed E-state index contributed by atoms with van der Waals surface area (Å²) in [6.45, 7) is 5.48. The van der Waals surface area contributed by atoms with Gasteiger partial charge in [-0.05, 0) is 47.9 Å². The van der Waals surface area contributed by atoms with E-state index in [1.807, 2.05) is 6.07 Å². The van der Waals surface area contributed by atoms with Crippen molar-refractivity contribution >= 4 is 98.7 Å². The number of halogens is 2. The van der Waals surface area contributed by atoms with Crippen LogP contribution in [0.15, 0.2) is 45.3 Å². The van der Waals surface area contributed by atoms with Crippen molar-refractivity contribution in [3.8, 4) is 0 Å². The lowest BCUT2D eigenvalue weighted by atomic mass is 9.84. The first-order chi connectivity index (χ1) is 27.1. The average Bonchev–Trinajstić information content (AvgIpc) is 3.18. The van der Waals surface area contributed by atoms with Crippen molar-refractivity contribution in [2.24, 2.45) is 0 Å². The Labute approximate surface area is 347 Å². The summed E-state index contributed by atoms with van der Waals surface area (Å²) < 4.78 is 1.05. The van der Waals surface area contributed by atoms with Crippen molar-refractivity contribution in [2.45, 2.75) is 129 Å². The highest BCUT2D eigenvalue weighted by Gasteiger charge is 2.28. The molecule has 10 heteroatoms. The third-order valence-corrected chi connectivity index (χ3v) is 12.3. The molecule has 8 nitrogen and oxygen atoms in total. The first-order valence-corrected chi connectivity index (χ1v) is 22.3. The zero-order valence-electron chi connectivity index (χ0n) is 32.9. The lowest BCUT2D eigenvalue weighted by molar-refractivity contribution is 0.0695. The highest BCUT2D eigenvalue weighted by atomic mass is 79.9. The van der Waals surface area contributed by atoms with E-state index >= 15 is 0 Å². The van der Waals surface area contributed by atoms with Crippen LogP contribution in [0.4, 0.5) is 0 Å². The summed E-state index contributed by atoms with van der Waals surface area (Å²) in [5.41, 5.74) is 0.486.